The van der Waals surface area contributed by atoms with Gasteiger partial charge in [0.15, 0.2) is 11.9 Å². The quantitative estimate of drug-likeness (QED) is 0.181. The van der Waals surface area contributed by atoms with Crippen molar-refractivity contribution in [1.82, 2.24) is 0 Å². The van der Waals surface area contributed by atoms with E-state index in [2.05, 4.69) is 38.2 Å². The molecular formula is C36H46O5. The van der Waals surface area contributed by atoms with Gasteiger partial charge in [0.1, 0.15) is 0 Å². The van der Waals surface area contributed by atoms with Crippen LogP contribution in [-0.4, -0.2) is 28.9 Å². The minimum atomic E-state index is -1.08. The summed E-state index contributed by atoms with van der Waals surface area (Å²) >= 11 is 0. The van der Waals surface area contributed by atoms with Crippen LogP contribution in [0.15, 0.2) is 119 Å². The maximum atomic E-state index is 12.9. The lowest BCUT2D eigenvalue weighted by Crippen LogP contribution is -2.39. The van der Waals surface area contributed by atoms with Crippen molar-refractivity contribution in [3.63, 3.8) is 0 Å². The Morgan fingerprint density at radius 2 is 1.32 bits per heavy atom. The number of carboxylic acid groups (broad SMARTS) is 1. The molecule has 0 spiro atoms. The number of Topliss-reactive ketones (excluding diaryl/α,β-unsaturated/α-hetero) is 1. The van der Waals surface area contributed by atoms with E-state index in [1.807, 2.05) is 95.4 Å². The zero-order chi connectivity index (χ0) is 31.0. The van der Waals surface area contributed by atoms with Crippen molar-refractivity contribution in [2.24, 2.45) is 5.41 Å². The van der Waals surface area contributed by atoms with Gasteiger partial charge >= 0.3 is 11.9 Å². The minimum absolute atomic E-state index is 0.236. The molecule has 0 saturated heterocycles. The molecule has 0 aromatic rings. The maximum absolute atomic E-state index is 12.9. The van der Waals surface area contributed by atoms with Gasteiger partial charge in [0.05, 0.1) is 12.8 Å². The summed E-state index contributed by atoms with van der Waals surface area (Å²) in [4.78, 5) is 35.6. The monoisotopic (exact) mass is 558 g/mol. The number of carbonyl (C=O) groups excluding carboxylic acids is 2. The predicted molar refractivity (Wildman–Crippen MR) is 169 cm³/mol. The Hall–Kier alpha value is -3.99. The van der Waals surface area contributed by atoms with Gasteiger partial charge in [-0.2, -0.15) is 0 Å². The lowest BCUT2D eigenvalue weighted by molar-refractivity contribution is -0.157. The van der Waals surface area contributed by atoms with Crippen molar-refractivity contribution in [3.05, 3.63) is 119 Å². The van der Waals surface area contributed by atoms with Crippen molar-refractivity contribution in [3.8, 4) is 0 Å². The van der Waals surface area contributed by atoms with Gasteiger partial charge in [-0.15, -0.1) is 0 Å². The summed E-state index contributed by atoms with van der Waals surface area (Å²) in [5.74, 6) is -1.98. The van der Waals surface area contributed by atoms with Gasteiger partial charge < -0.3 is 9.84 Å². The highest BCUT2D eigenvalue weighted by Gasteiger charge is 2.39. The number of ether oxygens (including phenoxy) is 1. The van der Waals surface area contributed by atoms with Crippen molar-refractivity contribution in [2.45, 2.75) is 80.8 Å². The van der Waals surface area contributed by atoms with Gasteiger partial charge in [-0.05, 0) is 58.1 Å². The Labute approximate surface area is 246 Å². The van der Waals surface area contributed by atoms with Gasteiger partial charge in [-0.1, -0.05) is 121 Å². The summed E-state index contributed by atoms with van der Waals surface area (Å²) in [7, 11) is 0. The first-order valence-corrected chi connectivity index (χ1v) is 14.0. The van der Waals surface area contributed by atoms with E-state index in [1.54, 1.807) is 6.92 Å². The Balaban J connectivity index is 2.81. The van der Waals surface area contributed by atoms with E-state index in [0.29, 0.717) is 12.0 Å². The molecule has 0 fully saturated rings. The van der Waals surface area contributed by atoms with Crippen molar-refractivity contribution >= 4 is 17.7 Å². The van der Waals surface area contributed by atoms with Crippen LogP contribution in [0.25, 0.3) is 0 Å². The molecule has 1 unspecified atom stereocenters. The number of aliphatic carboxylic acids is 1. The second-order valence-corrected chi connectivity index (χ2v) is 10.9. The van der Waals surface area contributed by atoms with Crippen molar-refractivity contribution in [1.29, 1.82) is 0 Å². The van der Waals surface area contributed by atoms with E-state index >= 15 is 0 Å². The highest BCUT2D eigenvalue weighted by molar-refractivity contribution is 6.01. The molecule has 0 aromatic carbocycles. The first-order chi connectivity index (χ1) is 19.3. The second-order valence-electron chi connectivity index (χ2n) is 10.9. The summed E-state index contributed by atoms with van der Waals surface area (Å²) in [6.45, 7) is 16.0. The lowest BCUT2D eigenvalue weighted by atomic mass is 9.71. The predicted octanol–water partition coefficient (Wildman–Crippen LogP) is 8.66. The molecule has 41 heavy (non-hydrogen) atoms. The molecule has 0 radical (unpaired) electrons. The summed E-state index contributed by atoms with van der Waals surface area (Å²) in [5.41, 5.74) is 5.59. The van der Waals surface area contributed by atoms with Crippen LogP contribution < -0.4 is 0 Å². The number of ketones is 1. The van der Waals surface area contributed by atoms with Crippen LogP contribution in [0.3, 0.4) is 0 Å². The normalized spacial score (nSPS) is 19.6. The van der Waals surface area contributed by atoms with Crippen LogP contribution in [-0.2, 0) is 19.1 Å². The van der Waals surface area contributed by atoms with Gasteiger partial charge in [0.25, 0.3) is 0 Å². The molecule has 0 heterocycles. The molecule has 0 bridgehead atoms. The molecule has 1 rings (SSSR count). The Kier molecular flexibility index (Phi) is 15.1. The number of esters is 1. The fourth-order valence-corrected chi connectivity index (χ4v) is 4.24. The van der Waals surface area contributed by atoms with E-state index in [0.717, 1.165) is 22.3 Å². The maximum Gasteiger partial charge on any atom is 0.307 e. The lowest BCUT2D eigenvalue weighted by Gasteiger charge is -2.36. The minimum Gasteiger partial charge on any atom is -0.481 e. The Morgan fingerprint density at radius 3 is 1.83 bits per heavy atom. The molecule has 0 saturated carbocycles. The number of hydrogen-bond acceptors (Lipinski definition) is 4. The Bertz CT molecular complexity index is 1270. The molecule has 5 nitrogen and oxygen atoms in total. The van der Waals surface area contributed by atoms with Crippen molar-refractivity contribution in [2.75, 3.05) is 0 Å². The molecule has 220 valence electrons. The molecule has 1 aliphatic rings. The van der Waals surface area contributed by atoms with Gasteiger partial charge in [-0.25, -0.2) is 0 Å². The highest BCUT2D eigenvalue weighted by Crippen LogP contribution is 2.40. The number of allylic oxidation sites excluding steroid dienone is 19. The van der Waals surface area contributed by atoms with Gasteiger partial charge in [0.2, 0.25) is 0 Å². The third-order valence-corrected chi connectivity index (χ3v) is 6.52. The molecule has 1 N–H and O–H groups in total. The third-order valence-electron chi connectivity index (χ3n) is 6.52. The summed E-state index contributed by atoms with van der Waals surface area (Å²) < 4.78 is 5.34. The second kappa shape index (κ2) is 17.6. The Morgan fingerprint density at radius 1 is 0.829 bits per heavy atom. The molecule has 1 atom stereocenters. The number of carboxylic acids is 1. The van der Waals surface area contributed by atoms with Crippen LogP contribution >= 0.6 is 0 Å². The third kappa shape index (κ3) is 13.8. The van der Waals surface area contributed by atoms with Crippen molar-refractivity contribution < 1.29 is 24.2 Å². The average Bonchev–Trinajstić information content (AvgIpc) is 2.88. The number of hydrogen-bond donors (Lipinski definition) is 1. The summed E-state index contributed by atoms with van der Waals surface area (Å²) in [6.07, 6.45) is 27.3. The standard InChI is InChI=1S/C36H46O5/c1-9-14-26(2)17-12-18-27(3)15-10-11-16-28(4)19-13-20-29(5)21-22-31-30(6)35(40)32(25-36(31,7)8)41-34(39)24-23-33(37)38/h9-22,32H,23-25H2,1-8H3,(H,37,38)/b11-10+,14-9+,18-12+,19-13+,22-21+,26-17+,27-15+,28-16+,29-20+. The SMILES string of the molecule is C/C=C/C(C)=C/C=C/C(C)=C/C=C/C=C(C)/C=C/C=C(C)/C=C/C1=C(C)C(=O)C(OC(=O)CCC(=O)O)CC1(C)C. The van der Waals surface area contributed by atoms with Crippen LogP contribution in [0, 0.1) is 5.41 Å². The zero-order valence-electron chi connectivity index (χ0n) is 25.9. The largest absolute Gasteiger partial charge is 0.481 e. The van der Waals surface area contributed by atoms with E-state index < -0.39 is 23.5 Å². The molecule has 5 heteroatoms. The van der Waals surface area contributed by atoms with Crippen LogP contribution in [0.2, 0.25) is 0 Å². The van der Waals surface area contributed by atoms with E-state index in [4.69, 9.17) is 9.84 Å². The van der Waals surface area contributed by atoms with E-state index in [1.165, 1.54) is 5.57 Å². The number of carbonyl (C=O) groups is 3. The highest BCUT2D eigenvalue weighted by atomic mass is 16.5. The smallest absolute Gasteiger partial charge is 0.307 e. The van der Waals surface area contributed by atoms with Crippen LogP contribution in [0.4, 0.5) is 0 Å². The van der Waals surface area contributed by atoms with E-state index in [9.17, 15) is 14.4 Å². The van der Waals surface area contributed by atoms with E-state index in [-0.39, 0.29) is 18.6 Å². The molecule has 1 aliphatic carbocycles. The fourth-order valence-electron chi connectivity index (χ4n) is 4.24. The molecule has 0 amide bonds. The summed E-state index contributed by atoms with van der Waals surface area (Å²) in [6, 6.07) is 0. The molecule has 0 aliphatic heterocycles. The fraction of sp³-hybridized carbons (Fsp3) is 0.361. The topological polar surface area (TPSA) is 80.7 Å². The average molecular weight is 559 g/mol. The first kappa shape index (κ1) is 35.0. The molecular weight excluding hydrogens is 512 g/mol. The summed E-state index contributed by atoms with van der Waals surface area (Å²) in [5, 5.41) is 8.76. The van der Waals surface area contributed by atoms with Gasteiger partial charge in [0, 0.05) is 6.42 Å². The van der Waals surface area contributed by atoms with Crippen LogP contribution in [0.5, 0.6) is 0 Å². The first-order valence-electron chi connectivity index (χ1n) is 14.0. The number of rotatable bonds is 13. The van der Waals surface area contributed by atoms with Crippen LogP contribution in [0.1, 0.15) is 74.7 Å². The zero-order valence-corrected chi connectivity index (χ0v) is 25.9. The van der Waals surface area contributed by atoms with Gasteiger partial charge in [-0.3, -0.25) is 14.4 Å². The molecule has 0 aromatic heterocycles.